The van der Waals surface area contributed by atoms with Gasteiger partial charge in [-0.05, 0) is 50.1 Å². The second-order valence-corrected chi connectivity index (χ2v) is 11.1. The molecule has 204 valence electrons. The molecular formula is C29H31N3O6S. The topological polar surface area (TPSA) is 121 Å². The highest BCUT2D eigenvalue weighted by molar-refractivity contribution is 7.91. The fourth-order valence-corrected chi connectivity index (χ4v) is 5.67. The molecule has 0 unspecified atom stereocenters. The van der Waals surface area contributed by atoms with Crippen LogP contribution in [0.4, 0.5) is 0 Å². The maximum Gasteiger partial charge on any atom is 0.296 e. The van der Waals surface area contributed by atoms with Gasteiger partial charge in [0.1, 0.15) is 12.4 Å². The zero-order valence-corrected chi connectivity index (χ0v) is 23.1. The van der Waals surface area contributed by atoms with Crippen molar-refractivity contribution < 1.29 is 23.0 Å². The van der Waals surface area contributed by atoms with Crippen LogP contribution >= 0.6 is 0 Å². The van der Waals surface area contributed by atoms with Gasteiger partial charge in [-0.3, -0.25) is 14.3 Å². The van der Waals surface area contributed by atoms with E-state index in [0.29, 0.717) is 0 Å². The number of aromatic hydroxyl groups is 1. The largest absolute Gasteiger partial charge is 0.493 e. The summed E-state index contributed by atoms with van der Waals surface area (Å²) in [6, 6.07) is 18.2. The quantitative estimate of drug-likeness (QED) is 0.311. The number of pyridine rings is 1. The summed E-state index contributed by atoms with van der Waals surface area (Å²) in [7, 11) is -2.96. The Morgan fingerprint density at radius 1 is 1.00 bits per heavy atom. The maximum absolute atomic E-state index is 13.7. The molecular weight excluding hydrogens is 518 g/mol. The van der Waals surface area contributed by atoms with E-state index in [1.165, 1.54) is 23.8 Å². The zero-order chi connectivity index (χ0) is 28.2. The molecule has 0 radical (unpaired) electrons. The number of methoxy groups -OCH3 is 1. The lowest BCUT2D eigenvalue weighted by molar-refractivity contribution is 0.0554. The molecule has 1 atom stereocenters. The number of nitrogens with zero attached hydrogens (tertiary/aromatic N) is 3. The molecule has 2 aromatic carbocycles. The Bertz CT molecular complexity index is 1600. The normalized spacial score (nSPS) is 12.5. The van der Waals surface area contributed by atoms with Crippen molar-refractivity contribution in [2.24, 2.45) is 0 Å². The molecule has 2 heterocycles. The van der Waals surface area contributed by atoms with Gasteiger partial charge in [-0.2, -0.15) is 4.98 Å². The van der Waals surface area contributed by atoms with Gasteiger partial charge in [0.05, 0.1) is 23.6 Å². The van der Waals surface area contributed by atoms with Crippen LogP contribution < -0.4 is 5.56 Å². The first-order chi connectivity index (χ1) is 18.6. The molecule has 0 aliphatic rings. The van der Waals surface area contributed by atoms with Crippen molar-refractivity contribution in [3.63, 3.8) is 0 Å². The first-order valence-corrected chi connectivity index (χ1v) is 13.9. The SMILES string of the molecule is COC[C@@H](c1ccccc1)n1c(COC(C)C)nc(=O)c(S(=O)(=O)c2ccc(-c3cccnc3C)cc2)c1O. The van der Waals surface area contributed by atoms with Crippen molar-refractivity contribution in [2.75, 3.05) is 13.7 Å². The zero-order valence-electron chi connectivity index (χ0n) is 22.2. The van der Waals surface area contributed by atoms with Crippen molar-refractivity contribution in [3.8, 4) is 17.0 Å². The molecule has 0 aliphatic heterocycles. The summed E-state index contributed by atoms with van der Waals surface area (Å²) in [6.45, 7) is 5.46. The summed E-state index contributed by atoms with van der Waals surface area (Å²) in [4.78, 5) is 20.6. The Hall–Kier alpha value is -3.86. The molecule has 4 aromatic rings. The Labute approximate surface area is 227 Å². The monoisotopic (exact) mass is 549 g/mol. The number of ether oxygens (including phenoxy) is 2. The number of aromatic nitrogens is 3. The minimum Gasteiger partial charge on any atom is -0.493 e. The van der Waals surface area contributed by atoms with Gasteiger partial charge in [0, 0.05) is 24.6 Å². The Kier molecular flexibility index (Phi) is 8.59. The number of rotatable bonds is 10. The summed E-state index contributed by atoms with van der Waals surface area (Å²) in [5.74, 6) is -0.645. The highest BCUT2D eigenvalue weighted by Gasteiger charge is 2.32. The van der Waals surface area contributed by atoms with E-state index < -0.39 is 32.2 Å². The van der Waals surface area contributed by atoms with Crippen LogP contribution in [0.5, 0.6) is 5.88 Å². The van der Waals surface area contributed by atoms with E-state index in [2.05, 4.69) is 9.97 Å². The number of aryl methyl sites for hydroxylation is 1. The molecule has 0 saturated heterocycles. The summed E-state index contributed by atoms with van der Waals surface area (Å²) >= 11 is 0. The molecule has 10 heteroatoms. The van der Waals surface area contributed by atoms with Crippen LogP contribution in [0.2, 0.25) is 0 Å². The first kappa shape index (κ1) is 28.2. The summed E-state index contributed by atoms with van der Waals surface area (Å²) in [5, 5.41) is 11.5. The van der Waals surface area contributed by atoms with Crippen LogP contribution in [0.15, 0.2) is 87.5 Å². The highest BCUT2D eigenvalue weighted by Crippen LogP contribution is 2.33. The molecule has 0 spiro atoms. The van der Waals surface area contributed by atoms with Gasteiger partial charge < -0.3 is 14.6 Å². The summed E-state index contributed by atoms with van der Waals surface area (Å²) < 4.78 is 39.9. The first-order valence-electron chi connectivity index (χ1n) is 12.4. The van der Waals surface area contributed by atoms with Crippen molar-refractivity contribution in [2.45, 2.75) is 49.3 Å². The molecule has 0 bridgehead atoms. The second-order valence-electron chi connectivity index (χ2n) is 9.26. The molecule has 1 N–H and O–H groups in total. The molecule has 9 nitrogen and oxygen atoms in total. The third-order valence-corrected chi connectivity index (χ3v) is 8.04. The van der Waals surface area contributed by atoms with Gasteiger partial charge in [-0.25, -0.2) is 8.42 Å². The van der Waals surface area contributed by atoms with E-state index >= 15 is 0 Å². The third-order valence-electron chi connectivity index (χ3n) is 6.25. The van der Waals surface area contributed by atoms with E-state index in [4.69, 9.17) is 9.47 Å². The number of hydrogen-bond donors (Lipinski definition) is 1. The maximum atomic E-state index is 13.7. The highest BCUT2D eigenvalue weighted by atomic mass is 32.2. The number of hydrogen-bond acceptors (Lipinski definition) is 8. The van der Waals surface area contributed by atoms with Gasteiger partial charge >= 0.3 is 0 Å². The number of benzene rings is 2. The minimum absolute atomic E-state index is 0.0788. The predicted molar refractivity (Wildman–Crippen MR) is 146 cm³/mol. The smallest absolute Gasteiger partial charge is 0.296 e. The van der Waals surface area contributed by atoms with E-state index in [1.807, 2.05) is 57.2 Å². The lowest BCUT2D eigenvalue weighted by atomic mass is 10.1. The third kappa shape index (κ3) is 5.93. The fourth-order valence-electron chi connectivity index (χ4n) is 4.33. The van der Waals surface area contributed by atoms with Crippen molar-refractivity contribution in [1.82, 2.24) is 14.5 Å². The van der Waals surface area contributed by atoms with Gasteiger partial charge in [0.2, 0.25) is 15.7 Å². The molecule has 0 saturated carbocycles. The van der Waals surface area contributed by atoms with Crippen LogP contribution in [-0.2, 0) is 25.9 Å². The van der Waals surface area contributed by atoms with E-state index in [0.717, 1.165) is 22.4 Å². The van der Waals surface area contributed by atoms with Crippen LogP contribution in [0.25, 0.3) is 11.1 Å². The Morgan fingerprint density at radius 3 is 2.31 bits per heavy atom. The Balaban J connectivity index is 1.88. The van der Waals surface area contributed by atoms with Gasteiger partial charge in [0.25, 0.3) is 5.56 Å². The van der Waals surface area contributed by atoms with Crippen molar-refractivity contribution in [1.29, 1.82) is 0 Å². The average Bonchev–Trinajstić information content (AvgIpc) is 2.91. The summed E-state index contributed by atoms with van der Waals surface area (Å²) in [5.41, 5.74) is 2.08. The molecule has 4 rings (SSSR count). The van der Waals surface area contributed by atoms with Crippen LogP contribution in [-0.4, -0.2) is 47.9 Å². The Morgan fingerprint density at radius 2 is 1.69 bits per heavy atom. The van der Waals surface area contributed by atoms with Crippen LogP contribution in [0, 0.1) is 6.92 Å². The standard InChI is InChI=1S/C29H31N3O6S/c1-19(2)38-18-26-31-28(33)27(29(34)32(26)25(17-37-4)22-9-6-5-7-10-22)39(35,36)23-14-12-21(13-15-23)24-11-8-16-30-20(24)3/h5-16,19,25,34H,17-18H2,1-4H3/t25-/m0/s1. The molecule has 39 heavy (non-hydrogen) atoms. The predicted octanol–water partition coefficient (Wildman–Crippen LogP) is 4.31. The molecule has 0 aliphatic carbocycles. The minimum atomic E-state index is -4.45. The van der Waals surface area contributed by atoms with E-state index in [9.17, 15) is 18.3 Å². The van der Waals surface area contributed by atoms with Crippen LogP contribution in [0.3, 0.4) is 0 Å². The van der Waals surface area contributed by atoms with Gasteiger partial charge in [0.15, 0.2) is 4.90 Å². The summed E-state index contributed by atoms with van der Waals surface area (Å²) in [6.07, 6.45) is 1.49. The molecule has 0 amide bonds. The van der Waals surface area contributed by atoms with Gasteiger partial charge in [-0.1, -0.05) is 48.5 Å². The molecule has 0 fully saturated rings. The van der Waals surface area contributed by atoms with E-state index in [1.54, 1.807) is 24.4 Å². The fraction of sp³-hybridized carbons (Fsp3) is 0.276. The average molecular weight is 550 g/mol. The lowest BCUT2D eigenvalue weighted by Crippen LogP contribution is -2.29. The second kappa shape index (κ2) is 11.9. The lowest BCUT2D eigenvalue weighted by Gasteiger charge is -2.25. The van der Waals surface area contributed by atoms with Crippen LogP contribution in [0.1, 0.15) is 37.0 Å². The van der Waals surface area contributed by atoms with E-state index in [-0.39, 0.29) is 30.0 Å². The van der Waals surface area contributed by atoms with Crippen molar-refractivity contribution >= 4 is 9.84 Å². The van der Waals surface area contributed by atoms with Gasteiger partial charge in [-0.15, -0.1) is 0 Å². The van der Waals surface area contributed by atoms with Crippen molar-refractivity contribution in [3.05, 3.63) is 100 Å². The number of sulfone groups is 1. The molecule has 2 aromatic heterocycles.